The first-order valence-electron chi connectivity index (χ1n) is 8.86. The fourth-order valence-electron chi connectivity index (χ4n) is 2.45. The van der Waals surface area contributed by atoms with Crippen LogP contribution in [-0.4, -0.2) is 38.4 Å². The molecule has 0 fully saturated rings. The number of hydrogen-bond acceptors (Lipinski definition) is 7. The molecule has 0 aliphatic rings. The summed E-state index contributed by atoms with van der Waals surface area (Å²) in [6.07, 6.45) is -0.270. The first-order valence-corrected chi connectivity index (χ1v) is 10.3. The van der Waals surface area contributed by atoms with E-state index < -0.39 is 33.4 Å². The maximum atomic E-state index is 12.1. The number of nitrogens with zero attached hydrogens (tertiary/aromatic N) is 1. The Labute approximate surface area is 173 Å². The lowest BCUT2D eigenvalue weighted by atomic mass is 10.1. The molecule has 0 aliphatic heterocycles. The van der Waals surface area contributed by atoms with Crippen LogP contribution >= 0.6 is 0 Å². The number of ether oxygens (including phenoxy) is 1. The van der Waals surface area contributed by atoms with Gasteiger partial charge in [0, 0.05) is 12.6 Å². The van der Waals surface area contributed by atoms with E-state index in [-0.39, 0.29) is 34.8 Å². The number of nitro groups is 1. The molecule has 0 saturated heterocycles. The number of amides is 1. The Morgan fingerprint density at radius 3 is 2.40 bits per heavy atom. The quantitative estimate of drug-likeness (QED) is 0.348. The number of sulfonamides is 1. The van der Waals surface area contributed by atoms with Crippen LogP contribution in [0.4, 0.5) is 11.4 Å². The molecule has 0 atom stereocenters. The van der Waals surface area contributed by atoms with Crippen LogP contribution in [0.2, 0.25) is 0 Å². The van der Waals surface area contributed by atoms with Crippen molar-refractivity contribution in [3.05, 3.63) is 63.7 Å². The molecule has 2 rings (SSSR count). The van der Waals surface area contributed by atoms with Gasteiger partial charge in [-0.3, -0.25) is 19.7 Å². The minimum Gasteiger partial charge on any atom is -0.456 e. The van der Waals surface area contributed by atoms with E-state index in [2.05, 4.69) is 10.0 Å². The molecule has 0 saturated carbocycles. The van der Waals surface area contributed by atoms with Crippen molar-refractivity contribution < 1.29 is 27.7 Å². The van der Waals surface area contributed by atoms with Crippen molar-refractivity contribution in [2.24, 2.45) is 0 Å². The fraction of sp³-hybridized carbons (Fsp3) is 0.263. The molecule has 0 unspecified atom stereocenters. The smallest absolute Gasteiger partial charge is 0.307 e. The van der Waals surface area contributed by atoms with Gasteiger partial charge in [-0.1, -0.05) is 23.8 Å². The van der Waals surface area contributed by atoms with Crippen molar-refractivity contribution >= 4 is 33.3 Å². The van der Waals surface area contributed by atoms with E-state index in [1.165, 1.54) is 37.3 Å². The largest absolute Gasteiger partial charge is 0.456 e. The molecule has 0 bridgehead atoms. The predicted molar refractivity (Wildman–Crippen MR) is 108 cm³/mol. The molecule has 10 nitrogen and oxygen atoms in total. The van der Waals surface area contributed by atoms with Crippen LogP contribution in [0.15, 0.2) is 47.4 Å². The second-order valence-electron chi connectivity index (χ2n) is 6.38. The molecule has 0 aromatic heterocycles. The lowest BCUT2D eigenvalue weighted by Crippen LogP contribution is -2.28. The van der Waals surface area contributed by atoms with Crippen LogP contribution in [-0.2, 0) is 24.3 Å². The highest BCUT2D eigenvalue weighted by molar-refractivity contribution is 7.89. The summed E-state index contributed by atoms with van der Waals surface area (Å²) in [5, 5.41) is 13.4. The van der Waals surface area contributed by atoms with Gasteiger partial charge in [-0.05, 0) is 32.0 Å². The monoisotopic (exact) mass is 435 g/mol. The fourth-order valence-corrected chi connectivity index (χ4v) is 3.48. The second kappa shape index (κ2) is 9.94. The highest BCUT2D eigenvalue weighted by atomic mass is 32.2. The molecular formula is C19H21N3O7S. The molecule has 0 spiro atoms. The van der Waals surface area contributed by atoms with E-state index in [4.69, 9.17) is 4.74 Å². The van der Waals surface area contributed by atoms with Crippen molar-refractivity contribution in [1.82, 2.24) is 4.72 Å². The number of esters is 1. The number of nitro benzene ring substituents is 1. The van der Waals surface area contributed by atoms with E-state index >= 15 is 0 Å². The lowest BCUT2D eigenvalue weighted by Gasteiger charge is -2.10. The SMILES string of the molecule is Cc1ccc(S(=O)(=O)NCCC(=O)OCC(=O)Nc2cccc([N+](=O)[O-])c2C)cc1. The van der Waals surface area contributed by atoms with Crippen LogP contribution in [0.1, 0.15) is 17.5 Å². The summed E-state index contributed by atoms with van der Waals surface area (Å²) in [5.41, 5.74) is 1.27. The van der Waals surface area contributed by atoms with Gasteiger partial charge in [0.05, 0.1) is 27.5 Å². The third-order valence-electron chi connectivity index (χ3n) is 4.09. The maximum Gasteiger partial charge on any atom is 0.307 e. The Hall–Kier alpha value is -3.31. The molecule has 160 valence electrons. The van der Waals surface area contributed by atoms with Gasteiger partial charge < -0.3 is 10.1 Å². The average Bonchev–Trinajstić information content (AvgIpc) is 2.68. The molecule has 1 amide bonds. The van der Waals surface area contributed by atoms with E-state index in [1.807, 2.05) is 6.92 Å². The molecule has 2 N–H and O–H groups in total. The van der Waals surface area contributed by atoms with Crippen molar-refractivity contribution in [3.63, 3.8) is 0 Å². The zero-order valence-corrected chi connectivity index (χ0v) is 17.2. The summed E-state index contributed by atoms with van der Waals surface area (Å²) in [4.78, 5) is 34.1. The van der Waals surface area contributed by atoms with Gasteiger partial charge in [-0.15, -0.1) is 0 Å². The normalized spacial score (nSPS) is 11.0. The van der Waals surface area contributed by atoms with Gasteiger partial charge >= 0.3 is 5.97 Å². The van der Waals surface area contributed by atoms with E-state index in [0.29, 0.717) is 0 Å². The number of carbonyl (C=O) groups excluding carboxylic acids is 2. The zero-order valence-electron chi connectivity index (χ0n) is 16.4. The summed E-state index contributed by atoms with van der Waals surface area (Å²) < 4.78 is 31.3. The standard InChI is InChI=1S/C19H21N3O7S/c1-13-6-8-15(9-7-13)30(27,28)20-11-10-19(24)29-12-18(23)21-16-4-3-5-17(14(16)2)22(25)26/h3-9,20H,10-12H2,1-2H3,(H,21,23). The molecule has 30 heavy (non-hydrogen) atoms. The Balaban J connectivity index is 1.79. The highest BCUT2D eigenvalue weighted by Gasteiger charge is 2.17. The molecule has 2 aromatic carbocycles. The molecule has 0 radical (unpaired) electrons. The number of rotatable bonds is 9. The summed E-state index contributed by atoms with van der Waals surface area (Å²) >= 11 is 0. The Bertz CT molecular complexity index is 1050. The van der Waals surface area contributed by atoms with Crippen molar-refractivity contribution in [2.45, 2.75) is 25.2 Å². The van der Waals surface area contributed by atoms with Gasteiger partial charge in [-0.25, -0.2) is 13.1 Å². The lowest BCUT2D eigenvalue weighted by molar-refractivity contribution is -0.385. The molecule has 0 heterocycles. The summed E-state index contributed by atoms with van der Waals surface area (Å²) in [6, 6.07) is 10.4. The first-order chi connectivity index (χ1) is 14.1. The van der Waals surface area contributed by atoms with E-state index in [0.717, 1.165) is 5.56 Å². The Kier molecular flexibility index (Phi) is 7.61. The minimum atomic E-state index is -3.75. The molecule has 0 aliphatic carbocycles. The van der Waals surface area contributed by atoms with Gasteiger partial charge in [0.2, 0.25) is 10.0 Å². The third kappa shape index (κ3) is 6.36. The number of hydrogen-bond donors (Lipinski definition) is 2. The van der Waals surface area contributed by atoms with Crippen molar-refractivity contribution in [2.75, 3.05) is 18.5 Å². The number of benzene rings is 2. The van der Waals surface area contributed by atoms with E-state index in [9.17, 15) is 28.1 Å². The topological polar surface area (TPSA) is 145 Å². The molecule has 2 aromatic rings. The summed E-state index contributed by atoms with van der Waals surface area (Å²) in [5.74, 6) is -1.44. The zero-order chi connectivity index (χ0) is 22.3. The molecule has 11 heteroatoms. The van der Waals surface area contributed by atoms with Crippen LogP contribution < -0.4 is 10.0 Å². The first kappa shape index (κ1) is 23.0. The number of aryl methyl sites for hydroxylation is 1. The molecular weight excluding hydrogens is 414 g/mol. The summed E-state index contributed by atoms with van der Waals surface area (Å²) in [7, 11) is -3.75. The minimum absolute atomic E-state index is 0.0770. The Morgan fingerprint density at radius 1 is 1.10 bits per heavy atom. The van der Waals surface area contributed by atoms with Gasteiger partial charge in [0.25, 0.3) is 11.6 Å². The van der Waals surface area contributed by atoms with Gasteiger partial charge in [0.1, 0.15) is 0 Å². The number of nitrogens with one attached hydrogen (secondary N) is 2. The second-order valence-corrected chi connectivity index (χ2v) is 8.14. The predicted octanol–water partition coefficient (Wildman–Crippen LogP) is 2.06. The maximum absolute atomic E-state index is 12.1. The number of anilines is 1. The Morgan fingerprint density at radius 2 is 1.77 bits per heavy atom. The third-order valence-corrected chi connectivity index (χ3v) is 5.57. The van der Waals surface area contributed by atoms with Crippen LogP contribution in [0.25, 0.3) is 0 Å². The average molecular weight is 435 g/mol. The van der Waals surface area contributed by atoms with Crippen LogP contribution in [0, 0.1) is 24.0 Å². The van der Waals surface area contributed by atoms with Crippen molar-refractivity contribution in [3.8, 4) is 0 Å². The van der Waals surface area contributed by atoms with Gasteiger partial charge in [0.15, 0.2) is 6.61 Å². The van der Waals surface area contributed by atoms with Gasteiger partial charge in [-0.2, -0.15) is 0 Å². The van der Waals surface area contributed by atoms with Crippen LogP contribution in [0.5, 0.6) is 0 Å². The van der Waals surface area contributed by atoms with Crippen LogP contribution in [0.3, 0.4) is 0 Å². The van der Waals surface area contributed by atoms with Crippen molar-refractivity contribution in [1.29, 1.82) is 0 Å². The summed E-state index contributed by atoms with van der Waals surface area (Å²) in [6.45, 7) is 2.52. The van der Waals surface area contributed by atoms with E-state index in [1.54, 1.807) is 12.1 Å². The highest BCUT2D eigenvalue weighted by Crippen LogP contribution is 2.24. The number of carbonyl (C=O) groups is 2.